The summed E-state index contributed by atoms with van der Waals surface area (Å²) in [6.07, 6.45) is 1.80. The van der Waals surface area contributed by atoms with Crippen molar-refractivity contribution >= 4 is 21.6 Å². The Labute approximate surface area is 179 Å². The average Bonchev–Trinajstić information content (AvgIpc) is 2.70. The predicted octanol–water partition coefficient (Wildman–Crippen LogP) is 3.37. The molecule has 1 amide bonds. The summed E-state index contributed by atoms with van der Waals surface area (Å²) in [6.45, 7) is 3.79. The normalized spacial score (nSPS) is 12.3. The highest BCUT2D eigenvalue weighted by molar-refractivity contribution is 7.92. The lowest BCUT2D eigenvalue weighted by atomic mass is 9.97. The molecular formula is C22H30N2O5S. The van der Waals surface area contributed by atoms with Gasteiger partial charge in [-0.15, -0.1) is 0 Å². The lowest BCUT2D eigenvalue weighted by molar-refractivity contribution is -0.120. The van der Waals surface area contributed by atoms with E-state index in [2.05, 4.69) is 19.2 Å². The van der Waals surface area contributed by atoms with Gasteiger partial charge >= 0.3 is 0 Å². The minimum Gasteiger partial charge on any atom is -0.497 e. The van der Waals surface area contributed by atoms with Crippen molar-refractivity contribution in [3.8, 4) is 11.5 Å². The van der Waals surface area contributed by atoms with Crippen molar-refractivity contribution in [1.82, 2.24) is 5.32 Å². The fourth-order valence-corrected chi connectivity index (χ4v) is 4.04. The first-order chi connectivity index (χ1) is 14.2. The lowest BCUT2D eigenvalue weighted by Gasteiger charge is -2.26. The molecule has 2 rings (SSSR count). The number of carbonyl (C=O) groups excluding carboxylic acids is 1. The first-order valence-electron chi connectivity index (χ1n) is 9.69. The number of hydrogen-bond acceptors (Lipinski definition) is 5. The first-order valence-corrected chi connectivity index (χ1v) is 11.5. The van der Waals surface area contributed by atoms with E-state index >= 15 is 0 Å². The Morgan fingerprint density at radius 1 is 1.07 bits per heavy atom. The molecule has 30 heavy (non-hydrogen) atoms. The van der Waals surface area contributed by atoms with Crippen LogP contribution in [0.2, 0.25) is 0 Å². The van der Waals surface area contributed by atoms with Gasteiger partial charge in [0.15, 0.2) is 0 Å². The predicted molar refractivity (Wildman–Crippen MR) is 119 cm³/mol. The maximum Gasteiger partial charge on any atom is 0.241 e. The number of carbonyl (C=O) groups is 1. The van der Waals surface area contributed by atoms with E-state index in [1.807, 2.05) is 30.3 Å². The Hall–Kier alpha value is -2.74. The van der Waals surface area contributed by atoms with Crippen LogP contribution in [0.1, 0.15) is 31.9 Å². The summed E-state index contributed by atoms with van der Waals surface area (Å²) < 4.78 is 36.5. The van der Waals surface area contributed by atoms with Gasteiger partial charge in [0.25, 0.3) is 0 Å². The van der Waals surface area contributed by atoms with Crippen LogP contribution in [0.4, 0.5) is 5.69 Å². The number of sulfonamides is 1. The van der Waals surface area contributed by atoms with Gasteiger partial charge in [0.1, 0.15) is 18.0 Å². The molecule has 0 fully saturated rings. The van der Waals surface area contributed by atoms with Gasteiger partial charge < -0.3 is 14.8 Å². The molecule has 1 atom stereocenters. The van der Waals surface area contributed by atoms with E-state index in [-0.39, 0.29) is 18.3 Å². The largest absolute Gasteiger partial charge is 0.497 e. The maximum absolute atomic E-state index is 12.9. The molecule has 164 valence electrons. The number of anilines is 1. The molecule has 0 aliphatic carbocycles. The van der Waals surface area contributed by atoms with Crippen molar-refractivity contribution in [2.24, 2.45) is 5.92 Å². The van der Waals surface area contributed by atoms with Gasteiger partial charge in [-0.1, -0.05) is 44.2 Å². The number of methoxy groups -OCH3 is 2. The molecule has 0 heterocycles. The molecule has 2 aromatic rings. The lowest BCUT2D eigenvalue weighted by Crippen LogP contribution is -2.42. The summed E-state index contributed by atoms with van der Waals surface area (Å²) in [5.41, 5.74) is 1.25. The maximum atomic E-state index is 12.9. The SMILES string of the molecule is COc1ccc(N(CC(=O)N[C@@H](CC(C)C)c2ccccc2)S(C)(=O)=O)c(OC)c1. The van der Waals surface area contributed by atoms with Crippen molar-refractivity contribution in [2.75, 3.05) is 31.3 Å². The molecule has 0 aliphatic rings. The second-order valence-corrected chi connectivity index (χ2v) is 9.37. The van der Waals surface area contributed by atoms with E-state index in [1.54, 1.807) is 18.2 Å². The highest BCUT2D eigenvalue weighted by Gasteiger charge is 2.26. The van der Waals surface area contributed by atoms with Crippen LogP contribution in [0.25, 0.3) is 0 Å². The van der Waals surface area contributed by atoms with Gasteiger partial charge in [0.05, 0.1) is 32.2 Å². The Morgan fingerprint density at radius 2 is 1.73 bits per heavy atom. The van der Waals surface area contributed by atoms with Crippen LogP contribution >= 0.6 is 0 Å². The highest BCUT2D eigenvalue weighted by atomic mass is 32.2. The molecule has 8 heteroatoms. The Kier molecular flexibility index (Phi) is 8.11. The van der Waals surface area contributed by atoms with Gasteiger partial charge in [0.2, 0.25) is 15.9 Å². The van der Waals surface area contributed by atoms with E-state index in [1.165, 1.54) is 14.2 Å². The standard InChI is InChI=1S/C22H30N2O5S/c1-16(2)13-19(17-9-7-6-8-10-17)23-22(25)15-24(30(5,26)27)20-12-11-18(28-3)14-21(20)29-4/h6-12,14,16,19H,13,15H2,1-5H3,(H,23,25)/t19-/m0/s1. The summed E-state index contributed by atoms with van der Waals surface area (Å²) in [5.74, 6) is 0.778. The first kappa shape index (κ1) is 23.5. The Balaban J connectivity index is 2.29. The Bertz CT molecular complexity index is 945. The molecule has 0 saturated heterocycles. The average molecular weight is 435 g/mol. The summed E-state index contributed by atoms with van der Waals surface area (Å²) in [7, 11) is -0.791. The molecule has 0 unspecified atom stereocenters. The summed E-state index contributed by atoms with van der Waals surface area (Å²) in [4.78, 5) is 12.9. The molecule has 0 radical (unpaired) electrons. The van der Waals surface area contributed by atoms with Crippen LogP contribution < -0.4 is 19.1 Å². The zero-order valence-electron chi connectivity index (χ0n) is 18.1. The Morgan fingerprint density at radius 3 is 2.27 bits per heavy atom. The van der Waals surface area contributed by atoms with Crippen molar-refractivity contribution in [3.05, 3.63) is 54.1 Å². The van der Waals surface area contributed by atoms with E-state index in [0.717, 1.165) is 22.5 Å². The smallest absolute Gasteiger partial charge is 0.241 e. The number of hydrogen-bond donors (Lipinski definition) is 1. The number of rotatable bonds is 10. The molecule has 0 saturated carbocycles. The third-order valence-corrected chi connectivity index (χ3v) is 5.71. The van der Waals surface area contributed by atoms with E-state index < -0.39 is 15.9 Å². The number of nitrogens with one attached hydrogen (secondary N) is 1. The van der Waals surface area contributed by atoms with Crippen molar-refractivity contribution in [1.29, 1.82) is 0 Å². The number of benzene rings is 2. The topological polar surface area (TPSA) is 84.9 Å². The number of amides is 1. The zero-order chi connectivity index (χ0) is 22.3. The van der Waals surface area contributed by atoms with Gasteiger partial charge in [0, 0.05) is 6.07 Å². The molecule has 2 aromatic carbocycles. The fraction of sp³-hybridized carbons (Fsp3) is 0.409. The zero-order valence-corrected chi connectivity index (χ0v) is 18.9. The molecule has 0 aromatic heterocycles. The third kappa shape index (κ3) is 6.38. The second-order valence-electron chi connectivity index (χ2n) is 7.47. The van der Waals surface area contributed by atoms with Crippen LogP contribution in [-0.2, 0) is 14.8 Å². The number of ether oxygens (including phenoxy) is 2. The van der Waals surface area contributed by atoms with E-state index in [9.17, 15) is 13.2 Å². The molecule has 7 nitrogen and oxygen atoms in total. The van der Waals surface area contributed by atoms with Crippen molar-refractivity contribution in [2.45, 2.75) is 26.3 Å². The summed E-state index contributed by atoms with van der Waals surface area (Å²) in [5, 5.41) is 2.99. The van der Waals surface area contributed by atoms with Gasteiger partial charge in [-0.05, 0) is 30.0 Å². The molecule has 0 aliphatic heterocycles. The van der Waals surface area contributed by atoms with Crippen LogP contribution in [-0.4, -0.2) is 41.3 Å². The minimum absolute atomic E-state index is 0.210. The van der Waals surface area contributed by atoms with Gasteiger partial charge in [-0.3, -0.25) is 9.10 Å². The molecule has 0 bridgehead atoms. The van der Waals surface area contributed by atoms with E-state index in [0.29, 0.717) is 17.4 Å². The number of nitrogens with zero attached hydrogens (tertiary/aromatic N) is 1. The van der Waals surface area contributed by atoms with Gasteiger partial charge in [-0.25, -0.2) is 8.42 Å². The second kappa shape index (κ2) is 10.3. The molecule has 1 N–H and O–H groups in total. The van der Waals surface area contributed by atoms with Crippen molar-refractivity contribution < 1.29 is 22.7 Å². The quantitative estimate of drug-likeness (QED) is 0.620. The molecule has 0 spiro atoms. The summed E-state index contributed by atoms with van der Waals surface area (Å²) in [6, 6.07) is 14.2. The monoisotopic (exact) mass is 434 g/mol. The highest BCUT2D eigenvalue weighted by Crippen LogP contribution is 2.33. The fourth-order valence-electron chi connectivity index (χ4n) is 3.18. The summed E-state index contributed by atoms with van der Waals surface area (Å²) >= 11 is 0. The van der Waals surface area contributed by atoms with Crippen LogP contribution in [0.3, 0.4) is 0 Å². The van der Waals surface area contributed by atoms with Gasteiger partial charge in [-0.2, -0.15) is 0 Å². The third-order valence-electron chi connectivity index (χ3n) is 4.59. The minimum atomic E-state index is -3.74. The molecular weight excluding hydrogens is 404 g/mol. The van der Waals surface area contributed by atoms with Crippen LogP contribution in [0, 0.1) is 5.92 Å². The van der Waals surface area contributed by atoms with Crippen LogP contribution in [0.5, 0.6) is 11.5 Å². The van der Waals surface area contributed by atoms with Crippen LogP contribution in [0.15, 0.2) is 48.5 Å². The van der Waals surface area contributed by atoms with Crippen molar-refractivity contribution in [3.63, 3.8) is 0 Å². The van der Waals surface area contributed by atoms with E-state index in [4.69, 9.17) is 9.47 Å².